The Kier molecular flexibility index (Phi) is 5.57. The molecule has 0 N–H and O–H groups in total. The Labute approximate surface area is 53.9 Å². The van der Waals surface area contributed by atoms with Gasteiger partial charge in [-0.3, -0.25) is 4.98 Å². The lowest BCUT2D eigenvalue weighted by molar-refractivity contribution is 0.569. The van der Waals surface area contributed by atoms with E-state index in [0.29, 0.717) is 0 Å². The van der Waals surface area contributed by atoms with E-state index in [2.05, 4.69) is 11.6 Å². The predicted octanol–water partition coefficient (Wildman–Crippen LogP) is 1.09. The van der Waals surface area contributed by atoms with Crippen molar-refractivity contribution in [2.45, 2.75) is 0 Å². The largest absolute Gasteiger partial charge is 0.265 e. The molecule has 1 aromatic rings. The van der Waals surface area contributed by atoms with E-state index in [9.17, 15) is 0 Å². The van der Waals surface area contributed by atoms with Crippen molar-refractivity contribution in [2.75, 3.05) is 0 Å². The number of hydrogen-bond acceptors (Lipinski definition) is 2. The smallest absolute Gasteiger partial charge is 0.116 e. The highest BCUT2D eigenvalue weighted by molar-refractivity contribution is 5.38. The maximum Gasteiger partial charge on any atom is 0.116 e. The van der Waals surface area contributed by atoms with Gasteiger partial charge in [0.15, 0.2) is 0 Å². The lowest BCUT2D eigenvalue weighted by Gasteiger charge is -1.70. The van der Waals surface area contributed by atoms with Gasteiger partial charge < -0.3 is 0 Å². The Morgan fingerprint density at radius 2 is 1.67 bits per heavy atom. The summed E-state index contributed by atoms with van der Waals surface area (Å²) in [5.41, 5.74) is 0. The van der Waals surface area contributed by atoms with Crippen LogP contribution in [0.3, 0.4) is 0 Å². The number of nitrogens with zero attached hydrogens (tertiary/aromatic N) is 1. The molecule has 1 heterocycles. The van der Waals surface area contributed by atoms with Gasteiger partial charge in [-0.25, -0.2) is 4.79 Å². The van der Waals surface area contributed by atoms with Crippen molar-refractivity contribution in [3.63, 3.8) is 0 Å². The molecule has 0 saturated heterocycles. The molecule has 9 heavy (non-hydrogen) atoms. The van der Waals surface area contributed by atoms with Crippen LogP contribution in [-0.2, 0) is 4.79 Å². The van der Waals surface area contributed by atoms with Gasteiger partial charge in [-0.15, -0.1) is 0 Å². The van der Waals surface area contributed by atoms with Crippen LogP contribution in [0.2, 0.25) is 0 Å². The highest BCUT2D eigenvalue weighted by atomic mass is 16.1. The molecule has 0 unspecified atom stereocenters. The van der Waals surface area contributed by atoms with Crippen LogP contribution < -0.4 is 0 Å². The number of carbonyl (C=O) groups excluding carboxylic acids is 1. The summed E-state index contributed by atoms with van der Waals surface area (Å²) >= 11 is 0. The van der Waals surface area contributed by atoms with E-state index in [1.807, 2.05) is 18.2 Å². The summed E-state index contributed by atoms with van der Waals surface area (Å²) in [4.78, 5) is 12.4. The zero-order valence-corrected chi connectivity index (χ0v) is 4.95. The molecule has 0 atom stereocenters. The van der Waals surface area contributed by atoms with Crippen molar-refractivity contribution in [3.05, 3.63) is 37.2 Å². The average Bonchev–Trinajstić information content (AvgIpc) is 1.93. The Morgan fingerprint density at radius 3 is 1.78 bits per heavy atom. The first-order valence-electron chi connectivity index (χ1n) is 2.41. The van der Waals surface area contributed by atoms with Crippen molar-refractivity contribution < 1.29 is 4.79 Å². The highest BCUT2D eigenvalue weighted by Crippen LogP contribution is 1.73. The van der Waals surface area contributed by atoms with Crippen LogP contribution in [0, 0.1) is 0 Å². The normalized spacial score (nSPS) is 6.22. The van der Waals surface area contributed by atoms with Crippen LogP contribution in [0.25, 0.3) is 0 Å². The van der Waals surface area contributed by atoms with E-state index in [1.54, 1.807) is 12.4 Å². The zero-order valence-electron chi connectivity index (χ0n) is 4.95. The molecule has 46 valence electrons. The molecule has 0 radical (unpaired) electrons. The van der Waals surface area contributed by atoms with Crippen LogP contribution >= 0.6 is 0 Å². The van der Waals surface area contributed by atoms with Gasteiger partial charge in [-0.05, 0) is 18.7 Å². The second kappa shape index (κ2) is 6.60. The third-order valence-electron chi connectivity index (χ3n) is 0.566. The fourth-order valence-electron chi connectivity index (χ4n) is 0.313. The van der Waals surface area contributed by atoms with Gasteiger partial charge in [0.05, 0.1) is 0 Å². The van der Waals surface area contributed by atoms with Crippen LogP contribution in [0.15, 0.2) is 37.2 Å². The van der Waals surface area contributed by atoms with Crippen molar-refractivity contribution in [1.82, 2.24) is 4.98 Å². The number of aromatic nitrogens is 1. The number of pyridine rings is 1. The second-order valence-corrected chi connectivity index (χ2v) is 1.17. The molecule has 0 aliphatic heterocycles. The Morgan fingerprint density at radius 1 is 1.22 bits per heavy atom. The van der Waals surface area contributed by atoms with E-state index < -0.39 is 0 Å². The van der Waals surface area contributed by atoms with Crippen LogP contribution in [0.5, 0.6) is 0 Å². The van der Waals surface area contributed by atoms with Crippen LogP contribution in [0.1, 0.15) is 0 Å². The van der Waals surface area contributed by atoms with E-state index in [1.165, 1.54) is 5.94 Å². The molecular weight excluding hydrogens is 114 g/mol. The first-order chi connectivity index (χ1) is 4.41. The lowest BCUT2D eigenvalue weighted by Crippen LogP contribution is -1.58. The maximum absolute atomic E-state index is 8.57. The van der Waals surface area contributed by atoms with Crippen LogP contribution in [0.4, 0.5) is 0 Å². The molecule has 1 aromatic heterocycles. The van der Waals surface area contributed by atoms with Crippen molar-refractivity contribution in [3.8, 4) is 0 Å². The molecule has 0 saturated carbocycles. The Bertz CT molecular complexity index is 139. The monoisotopic (exact) mass is 121 g/mol. The van der Waals surface area contributed by atoms with E-state index in [0.717, 1.165) is 0 Å². The first-order valence-corrected chi connectivity index (χ1v) is 2.41. The third-order valence-corrected chi connectivity index (χ3v) is 0.566. The average molecular weight is 121 g/mol. The zero-order chi connectivity index (χ0) is 6.95. The van der Waals surface area contributed by atoms with Gasteiger partial charge in [-0.2, -0.15) is 0 Å². The summed E-state index contributed by atoms with van der Waals surface area (Å²) in [6.07, 6.45) is 3.50. The topological polar surface area (TPSA) is 30.0 Å². The molecule has 2 heteroatoms. The fourth-order valence-corrected chi connectivity index (χ4v) is 0.313. The van der Waals surface area contributed by atoms with Crippen molar-refractivity contribution >= 4 is 5.94 Å². The SMILES string of the molecule is C=C=O.c1ccncc1. The molecule has 0 amide bonds. The quantitative estimate of drug-likeness (QED) is 0.481. The Hall–Kier alpha value is -1.40. The molecule has 1 rings (SSSR count). The molecule has 0 aromatic carbocycles. The summed E-state index contributed by atoms with van der Waals surface area (Å²) in [5.74, 6) is 1.25. The summed E-state index contributed by atoms with van der Waals surface area (Å²) in [6, 6.07) is 5.72. The van der Waals surface area contributed by atoms with Gasteiger partial charge in [0.1, 0.15) is 5.94 Å². The summed E-state index contributed by atoms with van der Waals surface area (Å²) < 4.78 is 0. The molecule has 0 aliphatic carbocycles. The highest BCUT2D eigenvalue weighted by Gasteiger charge is 1.58. The molecule has 2 nitrogen and oxygen atoms in total. The third kappa shape index (κ3) is 6.60. The molecule has 0 fully saturated rings. The summed E-state index contributed by atoms with van der Waals surface area (Å²) in [7, 11) is 0. The van der Waals surface area contributed by atoms with Crippen molar-refractivity contribution in [1.29, 1.82) is 0 Å². The molecule has 0 aliphatic rings. The second-order valence-electron chi connectivity index (χ2n) is 1.17. The van der Waals surface area contributed by atoms with Crippen LogP contribution in [-0.4, -0.2) is 10.9 Å². The van der Waals surface area contributed by atoms with Gasteiger partial charge in [0.2, 0.25) is 0 Å². The summed E-state index contributed by atoms with van der Waals surface area (Å²) in [6.45, 7) is 2.68. The van der Waals surface area contributed by atoms with E-state index >= 15 is 0 Å². The number of rotatable bonds is 0. The minimum absolute atomic E-state index is 1.25. The molecule has 0 spiro atoms. The van der Waals surface area contributed by atoms with Gasteiger partial charge in [0, 0.05) is 12.4 Å². The summed E-state index contributed by atoms with van der Waals surface area (Å²) in [5, 5.41) is 0. The molecular formula is C7H7NO. The minimum atomic E-state index is 1.25. The first kappa shape index (κ1) is 7.60. The van der Waals surface area contributed by atoms with Gasteiger partial charge in [0.25, 0.3) is 0 Å². The van der Waals surface area contributed by atoms with E-state index in [4.69, 9.17) is 4.79 Å². The molecule has 0 bridgehead atoms. The van der Waals surface area contributed by atoms with Gasteiger partial charge in [-0.1, -0.05) is 6.07 Å². The predicted molar refractivity (Wildman–Crippen MR) is 35.6 cm³/mol. The van der Waals surface area contributed by atoms with Gasteiger partial charge >= 0.3 is 0 Å². The standard InChI is InChI=1S/C5H5N.C2H2O/c1-2-4-6-5-3-1;1-2-3/h1-5H;1H2. The Balaban J connectivity index is 0.000000187. The fraction of sp³-hybridized carbons (Fsp3) is 0. The maximum atomic E-state index is 8.57. The number of hydrogen-bond donors (Lipinski definition) is 0. The minimum Gasteiger partial charge on any atom is -0.265 e. The van der Waals surface area contributed by atoms with E-state index in [-0.39, 0.29) is 0 Å². The lowest BCUT2D eigenvalue weighted by atomic mass is 10.5. The van der Waals surface area contributed by atoms with Crippen molar-refractivity contribution in [2.24, 2.45) is 0 Å².